The number of aromatic nitrogens is 1. The zero-order valence-electron chi connectivity index (χ0n) is 22.6. The number of methoxy groups -OCH3 is 1. The minimum absolute atomic E-state index is 0.0497. The van der Waals surface area contributed by atoms with Crippen molar-refractivity contribution >= 4 is 38.6 Å². The number of furan rings is 1. The molecule has 212 valence electrons. The number of ketones is 1. The Bertz CT molecular complexity index is 1540. The van der Waals surface area contributed by atoms with E-state index in [9.17, 15) is 22.8 Å². The summed E-state index contributed by atoms with van der Waals surface area (Å²) in [6, 6.07) is 7.64. The fourth-order valence-electron chi connectivity index (χ4n) is 5.54. The minimum Gasteiger partial charge on any atom is -0.497 e. The van der Waals surface area contributed by atoms with Gasteiger partial charge in [-0.1, -0.05) is 19.9 Å². The van der Waals surface area contributed by atoms with Crippen LogP contribution < -0.4 is 10.1 Å². The van der Waals surface area contributed by atoms with Crippen LogP contribution in [-0.4, -0.2) is 78.5 Å². The van der Waals surface area contributed by atoms with E-state index in [1.54, 1.807) is 49.7 Å². The summed E-state index contributed by atoms with van der Waals surface area (Å²) in [7, 11) is -2.27. The van der Waals surface area contributed by atoms with Gasteiger partial charge in [-0.05, 0) is 54.7 Å². The summed E-state index contributed by atoms with van der Waals surface area (Å²) >= 11 is 0. The van der Waals surface area contributed by atoms with Crippen molar-refractivity contribution in [3.05, 3.63) is 60.1 Å². The highest BCUT2D eigenvalue weighted by Gasteiger charge is 2.54. The average Bonchev–Trinajstić information content (AvgIpc) is 3.62. The maximum atomic E-state index is 13.8. The molecular formula is C28H32N4O7S. The number of nitrogens with one attached hydrogen (secondary N) is 1. The first-order valence-electron chi connectivity index (χ1n) is 13.2. The van der Waals surface area contributed by atoms with Crippen LogP contribution in [0.25, 0.3) is 11.0 Å². The Kier molecular flexibility index (Phi) is 7.65. The van der Waals surface area contributed by atoms with E-state index >= 15 is 0 Å². The van der Waals surface area contributed by atoms with Crippen molar-refractivity contribution < 1.29 is 32.0 Å². The van der Waals surface area contributed by atoms with Crippen LogP contribution in [0.1, 0.15) is 42.8 Å². The van der Waals surface area contributed by atoms with Crippen LogP contribution in [0.4, 0.5) is 0 Å². The molecule has 4 heterocycles. The lowest BCUT2D eigenvalue weighted by atomic mass is 10.0. The number of benzene rings is 1. The minimum atomic E-state index is -3.82. The molecule has 2 fully saturated rings. The van der Waals surface area contributed by atoms with E-state index in [0.29, 0.717) is 35.1 Å². The van der Waals surface area contributed by atoms with Gasteiger partial charge in [-0.25, -0.2) is 8.42 Å². The largest absolute Gasteiger partial charge is 0.497 e. The summed E-state index contributed by atoms with van der Waals surface area (Å²) in [5, 5.41) is 3.48. The average molecular weight is 569 g/mol. The maximum absolute atomic E-state index is 13.8. The molecule has 0 aliphatic carbocycles. The van der Waals surface area contributed by atoms with E-state index in [1.165, 1.54) is 15.4 Å². The number of ether oxygens (including phenoxy) is 1. The first kappa shape index (κ1) is 27.8. The summed E-state index contributed by atoms with van der Waals surface area (Å²) in [4.78, 5) is 45.4. The van der Waals surface area contributed by atoms with E-state index in [1.807, 2.05) is 13.8 Å². The van der Waals surface area contributed by atoms with E-state index in [-0.39, 0.29) is 36.3 Å². The van der Waals surface area contributed by atoms with Crippen LogP contribution >= 0.6 is 0 Å². The Balaban J connectivity index is 1.33. The Hall–Kier alpha value is -3.77. The van der Waals surface area contributed by atoms with Crippen LogP contribution in [0.15, 0.2) is 53.2 Å². The molecule has 0 radical (unpaired) electrons. The van der Waals surface area contributed by atoms with Crippen LogP contribution in [0.5, 0.6) is 5.75 Å². The van der Waals surface area contributed by atoms with Gasteiger partial charge in [0.1, 0.15) is 23.4 Å². The monoisotopic (exact) mass is 568 g/mol. The van der Waals surface area contributed by atoms with E-state index in [2.05, 4.69) is 10.3 Å². The Morgan fingerprint density at radius 1 is 1.23 bits per heavy atom. The lowest BCUT2D eigenvalue weighted by Crippen LogP contribution is -2.53. The number of likely N-dealkylation sites (tertiary alicyclic amines) is 1. The molecule has 3 aromatic rings. The van der Waals surface area contributed by atoms with E-state index in [4.69, 9.17) is 9.15 Å². The summed E-state index contributed by atoms with van der Waals surface area (Å²) < 4.78 is 38.6. The Morgan fingerprint density at radius 2 is 2.02 bits per heavy atom. The summed E-state index contributed by atoms with van der Waals surface area (Å²) in [5.41, 5.74) is 1.03. The zero-order valence-corrected chi connectivity index (χ0v) is 23.4. The smallest absolute Gasteiger partial charge is 0.287 e. The number of hydrogen-bond donors (Lipinski definition) is 1. The number of carbonyl (C=O) groups excluding carboxylic acids is 3. The molecule has 2 amide bonds. The van der Waals surface area contributed by atoms with Gasteiger partial charge >= 0.3 is 0 Å². The number of carbonyl (C=O) groups is 3. The van der Waals surface area contributed by atoms with Crippen molar-refractivity contribution in [1.29, 1.82) is 0 Å². The van der Waals surface area contributed by atoms with Gasteiger partial charge in [0, 0.05) is 24.3 Å². The molecule has 11 nitrogen and oxygen atoms in total. The molecule has 2 saturated heterocycles. The second-order valence-electron chi connectivity index (χ2n) is 10.6. The fraction of sp³-hybridized carbons (Fsp3) is 0.429. The van der Waals surface area contributed by atoms with Crippen molar-refractivity contribution in [2.45, 2.75) is 50.6 Å². The Labute approximate surface area is 232 Å². The SMILES string of the molecule is COc1ccc2oc(C(=O)NC(CC(C)C)C(=O)N3CCC4C3C(=O)CN4S(=O)(=O)Cc3cccnc3)cc2c1. The first-order valence-corrected chi connectivity index (χ1v) is 14.8. The summed E-state index contributed by atoms with van der Waals surface area (Å²) in [5.74, 6) is -0.839. The predicted octanol–water partition coefficient (Wildman–Crippen LogP) is 2.37. The Morgan fingerprint density at radius 3 is 2.73 bits per heavy atom. The highest BCUT2D eigenvalue weighted by atomic mass is 32.2. The van der Waals surface area contributed by atoms with Gasteiger partial charge in [-0.15, -0.1) is 0 Å². The van der Waals surface area contributed by atoms with E-state index in [0.717, 1.165) is 0 Å². The van der Waals surface area contributed by atoms with Gasteiger partial charge < -0.3 is 19.4 Å². The highest BCUT2D eigenvalue weighted by Crippen LogP contribution is 2.33. The highest BCUT2D eigenvalue weighted by molar-refractivity contribution is 7.88. The maximum Gasteiger partial charge on any atom is 0.287 e. The van der Waals surface area contributed by atoms with Crippen LogP contribution in [-0.2, 0) is 25.4 Å². The molecule has 40 heavy (non-hydrogen) atoms. The van der Waals surface area contributed by atoms with Crippen LogP contribution in [0.3, 0.4) is 0 Å². The molecule has 1 N–H and O–H groups in total. The van der Waals surface area contributed by atoms with Gasteiger partial charge in [0.15, 0.2) is 11.5 Å². The lowest BCUT2D eigenvalue weighted by Gasteiger charge is -2.29. The lowest BCUT2D eigenvalue weighted by molar-refractivity contribution is -0.138. The molecule has 2 aliphatic heterocycles. The number of pyridine rings is 1. The van der Waals surface area contributed by atoms with Crippen molar-refractivity contribution in [2.24, 2.45) is 5.92 Å². The topological polar surface area (TPSA) is 139 Å². The van der Waals surface area contributed by atoms with Gasteiger partial charge in [0.25, 0.3) is 5.91 Å². The molecule has 0 saturated carbocycles. The number of amides is 2. The second kappa shape index (κ2) is 11.0. The number of hydrogen-bond acceptors (Lipinski definition) is 8. The number of sulfonamides is 1. The third-order valence-corrected chi connectivity index (χ3v) is 9.16. The molecule has 0 bridgehead atoms. The molecule has 12 heteroatoms. The van der Waals surface area contributed by atoms with Gasteiger partial charge in [0.05, 0.1) is 25.4 Å². The molecule has 0 spiro atoms. The summed E-state index contributed by atoms with van der Waals surface area (Å²) in [6.07, 6.45) is 3.71. The fourth-order valence-corrected chi connectivity index (χ4v) is 7.26. The van der Waals surface area contributed by atoms with Crippen LogP contribution in [0.2, 0.25) is 0 Å². The molecule has 3 atom stereocenters. The number of nitrogens with zero attached hydrogens (tertiary/aromatic N) is 3. The molecular weight excluding hydrogens is 536 g/mol. The predicted molar refractivity (Wildman–Crippen MR) is 146 cm³/mol. The van der Waals surface area contributed by atoms with Crippen LogP contribution in [0, 0.1) is 5.92 Å². The molecule has 2 aromatic heterocycles. The number of rotatable bonds is 9. The first-order chi connectivity index (χ1) is 19.1. The van der Waals surface area contributed by atoms with E-state index < -0.39 is 40.0 Å². The van der Waals surface area contributed by atoms with Crippen molar-refractivity contribution in [1.82, 2.24) is 19.5 Å². The zero-order chi connectivity index (χ0) is 28.6. The van der Waals surface area contributed by atoms with Gasteiger partial charge in [0.2, 0.25) is 15.9 Å². The normalized spacial score (nSPS) is 20.2. The third kappa shape index (κ3) is 5.46. The number of Topliss-reactive ketones (excluding diaryl/α,β-unsaturated/α-hetero) is 1. The van der Waals surface area contributed by atoms with Crippen molar-refractivity contribution in [2.75, 3.05) is 20.2 Å². The third-order valence-electron chi connectivity index (χ3n) is 7.35. The van der Waals surface area contributed by atoms with Crippen molar-refractivity contribution in [3.63, 3.8) is 0 Å². The van der Waals surface area contributed by atoms with Crippen molar-refractivity contribution in [3.8, 4) is 5.75 Å². The number of fused-ring (bicyclic) bond motifs is 2. The molecule has 1 aromatic carbocycles. The molecule has 5 rings (SSSR count). The van der Waals surface area contributed by atoms with Gasteiger partial charge in [-0.3, -0.25) is 19.4 Å². The molecule has 3 unspecified atom stereocenters. The quantitative estimate of drug-likeness (QED) is 0.415. The standard InChI is InChI=1S/C28H32N4O7S/c1-17(2)11-21(30-27(34)25-13-19-12-20(38-3)6-7-24(19)39-25)28(35)31-10-8-22-26(31)23(33)15-32(22)40(36,37)16-18-5-4-9-29-14-18/h4-7,9,12-14,17,21-22,26H,8,10-11,15-16H2,1-3H3,(H,30,34). The summed E-state index contributed by atoms with van der Waals surface area (Å²) in [6.45, 7) is 3.79. The second-order valence-corrected chi connectivity index (χ2v) is 12.6. The van der Waals surface area contributed by atoms with Gasteiger partial charge in [-0.2, -0.15) is 4.31 Å². The molecule has 2 aliphatic rings.